The average Bonchev–Trinajstić information content (AvgIpc) is 3.05. The molecule has 1 aliphatic carbocycles. The zero-order valence-corrected chi connectivity index (χ0v) is 28.9. The maximum absolute atomic E-state index is 14.4. The first-order valence-corrected chi connectivity index (χ1v) is 17.5. The molecular formula is C34H41Cl2N3O6S. The van der Waals surface area contributed by atoms with Gasteiger partial charge in [-0.2, -0.15) is 0 Å². The SMILES string of the molecule is CC[C@@H](C(=O)NC1CCCCC1)N(Cc1c(Cl)cccc1Cl)C(=O)CN(c1ccc(C)cc1)S(=O)(=O)c1ccc(OC)c(OC)c1. The fourth-order valence-electron chi connectivity index (χ4n) is 5.66. The Labute approximate surface area is 281 Å². The Hall–Kier alpha value is -3.47. The number of hydrogen-bond donors (Lipinski definition) is 1. The molecule has 3 aromatic rings. The molecule has 46 heavy (non-hydrogen) atoms. The van der Waals surface area contributed by atoms with E-state index >= 15 is 0 Å². The van der Waals surface area contributed by atoms with E-state index in [1.165, 1.54) is 37.3 Å². The lowest BCUT2D eigenvalue weighted by Gasteiger charge is -2.35. The van der Waals surface area contributed by atoms with Gasteiger partial charge in [-0.15, -0.1) is 0 Å². The number of nitrogens with one attached hydrogen (secondary N) is 1. The lowest BCUT2D eigenvalue weighted by molar-refractivity contribution is -0.140. The van der Waals surface area contributed by atoms with Crippen molar-refractivity contribution in [2.75, 3.05) is 25.1 Å². The molecule has 1 N–H and O–H groups in total. The van der Waals surface area contributed by atoms with Gasteiger partial charge in [-0.3, -0.25) is 13.9 Å². The number of amides is 2. The summed E-state index contributed by atoms with van der Waals surface area (Å²) in [5.41, 5.74) is 1.66. The van der Waals surface area contributed by atoms with Gasteiger partial charge in [0.25, 0.3) is 10.0 Å². The highest BCUT2D eigenvalue weighted by Gasteiger charge is 2.35. The number of anilines is 1. The monoisotopic (exact) mass is 689 g/mol. The summed E-state index contributed by atoms with van der Waals surface area (Å²) in [7, 11) is -1.45. The quantitative estimate of drug-likeness (QED) is 0.212. The molecule has 12 heteroatoms. The Morgan fingerprint density at radius 2 is 1.57 bits per heavy atom. The van der Waals surface area contributed by atoms with Crippen LogP contribution in [0.15, 0.2) is 65.6 Å². The van der Waals surface area contributed by atoms with Crippen LogP contribution in [-0.2, 0) is 26.2 Å². The van der Waals surface area contributed by atoms with Crippen molar-refractivity contribution in [2.24, 2.45) is 0 Å². The lowest BCUT2D eigenvalue weighted by Crippen LogP contribution is -2.54. The Balaban J connectivity index is 1.76. The Kier molecular flexibility index (Phi) is 12.2. The summed E-state index contributed by atoms with van der Waals surface area (Å²) in [6.45, 7) is 3.02. The first-order chi connectivity index (χ1) is 22.0. The van der Waals surface area contributed by atoms with Crippen molar-refractivity contribution < 1.29 is 27.5 Å². The molecule has 9 nitrogen and oxygen atoms in total. The summed E-state index contributed by atoms with van der Waals surface area (Å²) in [4.78, 5) is 29.5. The lowest BCUT2D eigenvalue weighted by atomic mass is 9.95. The molecule has 0 aromatic heterocycles. The van der Waals surface area contributed by atoms with Gasteiger partial charge in [0.1, 0.15) is 12.6 Å². The normalized spacial score (nSPS) is 14.3. The van der Waals surface area contributed by atoms with Crippen molar-refractivity contribution in [1.29, 1.82) is 0 Å². The minimum absolute atomic E-state index is 0.0191. The van der Waals surface area contributed by atoms with Crippen molar-refractivity contribution in [3.8, 4) is 11.5 Å². The molecule has 0 bridgehead atoms. The number of halogens is 2. The van der Waals surface area contributed by atoms with E-state index in [0.29, 0.717) is 27.8 Å². The van der Waals surface area contributed by atoms with Gasteiger partial charge in [0.15, 0.2) is 11.5 Å². The highest BCUT2D eigenvalue weighted by Crippen LogP contribution is 2.33. The Bertz CT molecular complexity index is 1610. The summed E-state index contributed by atoms with van der Waals surface area (Å²) in [6.07, 6.45) is 5.22. The van der Waals surface area contributed by atoms with Gasteiger partial charge in [-0.1, -0.05) is 73.2 Å². The number of nitrogens with zero attached hydrogens (tertiary/aromatic N) is 2. The van der Waals surface area contributed by atoms with Crippen LogP contribution < -0.4 is 19.1 Å². The van der Waals surface area contributed by atoms with Crippen LogP contribution in [0.2, 0.25) is 10.0 Å². The third-order valence-electron chi connectivity index (χ3n) is 8.27. The second-order valence-corrected chi connectivity index (χ2v) is 14.0. The summed E-state index contributed by atoms with van der Waals surface area (Å²) < 4.78 is 40.3. The van der Waals surface area contributed by atoms with Crippen LogP contribution in [0.1, 0.15) is 56.6 Å². The first kappa shape index (κ1) is 35.4. The molecule has 0 aliphatic heterocycles. The molecule has 0 unspecified atom stereocenters. The van der Waals surface area contributed by atoms with Crippen LogP contribution in [0, 0.1) is 6.92 Å². The molecule has 0 heterocycles. The maximum atomic E-state index is 14.4. The van der Waals surface area contributed by atoms with E-state index < -0.39 is 28.5 Å². The van der Waals surface area contributed by atoms with Gasteiger partial charge >= 0.3 is 0 Å². The molecule has 0 spiro atoms. The molecule has 4 rings (SSSR count). The van der Waals surface area contributed by atoms with E-state index in [4.69, 9.17) is 32.7 Å². The standard InChI is InChI=1S/C34H41Cl2N3O6S/c1-5-30(34(41)37-24-10-7-6-8-11-24)38(21-27-28(35)12-9-13-29(27)36)33(40)22-39(25-16-14-23(2)15-17-25)46(42,43)26-18-19-31(44-3)32(20-26)45-4/h9,12-20,24,30H,5-8,10-11,21-22H2,1-4H3,(H,37,41)/t30-/m0/s1. The number of carbonyl (C=O) groups is 2. The smallest absolute Gasteiger partial charge is 0.264 e. The van der Waals surface area contributed by atoms with Crippen molar-refractivity contribution in [3.63, 3.8) is 0 Å². The van der Waals surface area contributed by atoms with E-state index in [-0.39, 0.29) is 34.8 Å². The van der Waals surface area contributed by atoms with Crippen LogP contribution in [0.4, 0.5) is 5.69 Å². The van der Waals surface area contributed by atoms with Crippen LogP contribution in [-0.4, -0.2) is 58.0 Å². The van der Waals surface area contributed by atoms with Crippen LogP contribution in [0.3, 0.4) is 0 Å². The number of methoxy groups -OCH3 is 2. The van der Waals surface area contributed by atoms with Gasteiger partial charge in [-0.05, 0) is 62.6 Å². The number of hydrogen-bond acceptors (Lipinski definition) is 6. The minimum Gasteiger partial charge on any atom is -0.493 e. The second kappa shape index (κ2) is 15.9. The molecular weight excluding hydrogens is 649 g/mol. The van der Waals surface area contributed by atoms with E-state index in [1.807, 2.05) is 13.8 Å². The van der Waals surface area contributed by atoms with Crippen LogP contribution >= 0.6 is 23.2 Å². The fraction of sp³-hybridized carbons (Fsp3) is 0.412. The number of carbonyl (C=O) groups excluding carboxylic acids is 2. The van der Waals surface area contributed by atoms with E-state index in [1.54, 1.807) is 42.5 Å². The third-order valence-corrected chi connectivity index (χ3v) is 10.7. The van der Waals surface area contributed by atoms with E-state index in [2.05, 4.69) is 5.32 Å². The van der Waals surface area contributed by atoms with Crippen molar-refractivity contribution in [3.05, 3.63) is 81.8 Å². The number of benzene rings is 3. The Morgan fingerprint density at radius 1 is 0.935 bits per heavy atom. The molecule has 2 amide bonds. The average molecular weight is 691 g/mol. The van der Waals surface area contributed by atoms with Crippen molar-refractivity contribution in [2.45, 2.75) is 75.9 Å². The molecule has 1 saturated carbocycles. The molecule has 1 atom stereocenters. The van der Waals surface area contributed by atoms with Crippen LogP contribution in [0.5, 0.6) is 11.5 Å². The van der Waals surface area contributed by atoms with Gasteiger partial charge in [-0.25, -0.2) is 8.42 Å². The van der Waals surface area contributed by atoms with Gasteiger partial charge in [0, 0.05) is 34.3 Å². The summed E-state index contributed by atoms with van der Waals surface area (Å²) in [6, 6.07) is 15.2. The summed E-state index contributed by atoms with van der Waals surface area (Å²) in [5, 5.41) is 3.80. The third kappa shape index (κ3) is 8.27. The number of sulfonamides is 1. The minimum atomic E-state index is -4.32. The predicted molar refractivity (Wildman–Crippen MR) is 181 cm³/mol. The molecule has 0 radical (unpaired) electrons. The molecule has 1 fully saturated rings. The second-order valence-electron chi connectivity index (χ2n) is 11.4. The zero-order valence-electron chi connectivity index (χ0n) is 26.6. The largest absolute Gasteiger partial charge is 0.493 e. The summed E-state index contributed by atoms with van der Waals surface area (Å²) >= 11 is 13.1. The number of ether oxygens (including phenoxy) is 2. The van der Waals surface area contributed by atoms with Crippen molar-refractivity contribution >= 4 is 50.7 Å². The molecule has 3 aromatic carbocycles. The predicted octanol–water partition coefficient (Wildman–Crippen LogP) is 6.77. The van der Waals surface area contributed by atoms with E-state index in [9.17, 15) is 18.0 Å². The summed E-state index contributed by atoms with van der Waals surface area (Å²) in [5.74, 6) is -0.307. The maximum Gasteiger partial charge on any atom is 0.264 e. The Morgan fingerprint density at radius 3 is 2.15 bits per heavy atom. The molecule has 1 aliphatic rings. The highest BCUT2D eigenvalue weighted by atomic mass is 35.5. The van der Waals surface area contributed by atoms with Gasteiger partial charge in [0.05, 0.1) is 24.8 Å². The van der Waals surface area contributed by atoms with Gasteiger partial charge < -0.3 is 19.7 Å². The highest BCUT2D eigenvalue weighted by molar-refractivity contribution is 7.92. The number of aryl methyl sites for hydroxylation is 1. The first-order valence-electron chi connectivity index (χ1n) is 15.3. The van der Waals surface area contributed by atoms with E-state index in [0.717, 1.165) is 42.0 Å². The fourth-order valence-corrected chi connectivity index (χ4v) is 7.61. The number of rotatable bonds is 13. The zero-order chi connectivity index (χ0) is 33.4. The molecule has 0 saturated heterocycles. The van der Waals surface area contributed by atoms with Crippen molar-refractivity contribution in [1.82, 2.24) is 10.2 Å². The topological polar surface area (TPSA) is 105 Å². The molecule has 248 valence electrons. The van der Waals surface area contributed by atoms with Crippen LogP contribution in [0.25, 0.3) is 0 Å². The van der Waals surface area contributed by atoms with Gasteiger partial charge in [0.2, 0.25) is 11.8 Å².